The van der Waals surface area contributed by atoms with Gasteiger partial charge in [0, 0.05) is 12.1 Å². The first kappa shape index (κ1) is 15.9. The van der Waals surface area contributed by atoms with Gasteiger partial charge in [-0.05, 0) is 18.1 Å². The van der Waals surface area contributed by atoms with Crippen LogP contribution >= 0.6 is 0 Å². The second-order valence-corrected chi connectivity index (χ2v) is 4.64. The minimum atomic E-state index is -0.509. The van der Waals surface area contributed by atoms with Gasteiger partial charge in [-0.3, -0.25) is 14.9 Å². The van der Waals surface area contributed by atoms with Crippen molar-refractivity contribution in [3.05, 3.63) is 34.4 Å². The summed E-state index contributed by atoms with van der Waals surface area (Å²) in [5, 5.41) is 22.2. The summed E-state index contributed by atoms with van der Waals surface area (Å²) in [7, 11) is 0. The molecule has 20 heavy (non-hydrogen) atoms. The Morgan fingerprint density at radius 2 is 2.00 bits per heavy atom. The molecule has 0 fully saturated rings. The van der Waals surface area contributed by atoms with Gasteiger partial charge in [0.2, 0.25) is 0 Å². The highest BCUT2D eigenvalue weighted by Gasteiger charge is 2.15. The Morgan fingerprint density at radius 3 is 2.45 bits per heavy atom. The highest BCUT2D eigenvalue weighted by molar-refractivity contribution is 5.77. The molecule has 7 nitrogen and oxygen atoms in total. The molecule has 0 aliphatic carbocycles. The van der Waals surface area contributed by atoms with Gasteiger partial charge < -0.3 is 15.2 Å². The zero-order valence-electron chi connectivity index (χ0n) is 11.4. The molecule has 0 saturated carbocycles. The van der Waals surface area contributed by atoms with E-state index in [2.05, 4.69) is 5.32 Å². The van der Waals surface area contributed by atoms with E-state index in [4.69, 9.17) is 9.84 Å². The molecule has 0 spiro atoms. The number of non-ortho nitro benzene ring substituents is 1. The van der Waals surface area contributed by atoms with Crippen molar-refractivity contribution in [2.75, 3.05) is 13.2 Å². The maximum absolute atomic E-state index is 11.6. The lowest BCUT2D eigenvalue weighted by molar-refractivity contribution is -0.384. The molecule has 0 bridgehead atoms. The normalized spacial score (nSPS) is 12.0. The number of rotatable bonds is 7. The van der Waals surface area contributed by atoms with Crippen LogP contribution in [-0.4, -0.2) is 35.2 Å². The van der Waals surface area contributed by atoms with E-state index in [9.17, 15) is 14.9 Å². The summed E-state index contributed by atoms with van der Waals surface area (Å²) in [5.41, 5.74) is -0.0399. The zero-order chi connectivity index (χ0) is 15.1. The van der Waals surface area contributed by atoms with Crippen LogP contribution in [0.25, 0.3) is 0 Å². The highest BCUT2D eigenvalue weighted by atomic mass is 16.6. The number of carbonyl (C=O) groups excluding carboxylic acids is 1. The van der Waals surface area contributed by atoms with Crippen LogP contribution in [0, 0.1) is 16.0 Å². The van der Waals surface area contributed by atoms with E-state index in [0.717, 1.165) is 0 Å². The fraction of sp³-hybridized carbons (Fsp3) is 0.462. The van der Waals surface area contributed by atoms with Gasteiger partial charge in [-0.2, -0.15) is 0 Å². The van der Waals surface area contributed by atoms with Crippen molar-refractivity contribution in [2.24, 2.45) is 5.92 Å². The molecule has 0 aliphatic rings. The predicted octanol–water partition coefficient (Wildman–Crippen LogP) is 1.11. The summed E-state index contributed by atoms with van der Waals surface area (Å²) in [6, 6.07) is 5.15. The quantitative estimate of drug-likeness (QED) is 0.576. The van der Waals surface area contributed by atoms with Crippen molar-refractivity contribution >= 4 is 11.6 Å². The summed E-state index contributed by atoms with van der Waals surface area (Å²) < 4.78 is 5.21. The molecule has 0 aliphatic heterocycles. The van der Waals surface area contributed by atoms with Crippen molar-refractivity contribution in [3.8, 4) is 5.75 Å². The number of hydrogen-bond donors (Lipinski definition) is 2. The number of hydrogen-bond acceptors (Lipinski definition) is 5. The summed E-state index contributed by atoms with van der Waals surface area (Å²) in [5.74, 6) is 0.135. The van der Waals surface area contributed by atoms with Gasteiger partial charge in [0.25, 0.3) is 11.6 Å². The fourth-order valence-electron chi connectivity index (χ4n) is 1.48. The van der Waals surface area contributed by atoms with E-state index in [1.54, 1.807) is 0 Å². The SMILES string of the molecule is CC(C)C(CO)NC(=O)COc1ccc([N+](=O)[O-])cc1. The summed E-state index contributed by atoms with van der Waals surface area (Å²) in [4.78, 5) is 21.6. The summed E-state index contributed by atoms with van der Waals surface area (Å²) in [6.07, 6.45) is 0. The lowest BCUT2D eigenvalue weighted by Gasteiger charge is -2.19. The van der Waals surface area contributed by atoms with Crippen molar-refractivity contribution in [3.63, 3.8) is 0 Å². The smallest absolute Gasteiger partial charge is 0.269 e. The molecule has 0 saturated heterocycles. The molecule has 1 amide bonds. The first-order valence-electron chi connectivity index (χ1n) is 6.21. The Kier molecular flexibility index (Phi) is 5.92. The van der Waals surface area contributed by atoms with Crippen molar-refractivity contribution < 1.29 is 19.6 Å². The van der Waals surface area contributed by atoms with Gasteiger partial charge in [-0.25, -0.2) is 0 Å². The van der Waals surface area contributed by atoms with Crippen molar-refractivity contribution in [2.45, 2.75) is 19.9 Å². The standard InChI is InChI=1S/C13H18N2O5/c1-9(2)12(7-16)14-13(17)8-20-11-5-3-10(4-6-11)15(18)19/h3-6,9,12,16H,7-8H2,1-2H3,(H,14,17). The second-order valence-electron chi connectivity index (χ2n) is 4.64. The molecular formula is C13H18N2O5. The Morgan fingerprint density at radius 1 is 1.40 bits per heavy atom. The van der Waals surface area contributed by atoms with Gasteiger partial charge >= 0.3 is 0 Å². The Balaban J connectivity index is 2.46. The van der Waals surface area contributed by atoms with Crippen LogP contribution in [0.1, 0.15) is 13.8 Å². The Bertz CT molecular complexity index is 458. The molecule has 1 rings (SSSR count). The van der Waals surface area contributed by atoms with E-state index in [1.165, 1.54) is 24.3 Å². The van der Waals surface area contributed by atoms with E-state index < -0.39 is 4.92 Å². The molecule has 1 unspecified atom stereocenters. The predicted molar refractivity (Wildman–Crippen MR) is 72.4 cm³/mol. The second kappa shape index (κ2) is 7.44. The lowest BCUT2D eigenvalue weighted by atomic mass is 10.1. The fourth-order valence-corrected chi connectivity index (χ4v) is 1.48. The third-order valence-corrected chi connectivity index (χ3v) is 2.77. The Labute approximate surface area is 116 Å². The average Bonchev–Trinajstić information content (AvgIpc) is 2.42. The first-order valence-corrected chi connectivity index (χ1v) is 6.21. The number of nitro benzene ring substituents is 1. The van der Waals surface area contributed by atoms with E-state index in [-0.39, 0.29) is 36.8 Å². The minimum absolute atomic E-state index is 0.0399. The molecule has 1 atom stereocenters. The third kappa shape index (κ3) is 4.85. The zero-order valence-corrected chi connectivity index (χ0v) is 11.4. The molecule has 0 aromatic heterocycles. The average molecular weight is 282 g/mol. The van der Waals surface area contributed by atoms with Crippen LogP contribution in [0.15, 0.2) is 24.3 Å². The van der Waals surface area contributed by atoms with Gasteiger partial charge in [-0.1, -0.05) is 13.8 Å². The monoisotopic (exact) mass is 282 g/mol. The van der Waals surface area contributed by atoms with Crippen LogP contribution in [0.4, 0.5) is 5.69 Å². The largest absolute Gasteiger partial charge is 0.484 e. The topological polar surface area (TPSA) is 102 Å². The number of aliphatic hydroxyl groups is 1. The first-order chi connectivity index (χ1) is 9.43. The molecule has 0 heterocycles. The summed E-state index contributed by atoms with van der Waals surface area (Å²) in [6.45, 7) is 3.43. The van der Waals surface area contributed by atoms with Crippen LogP contribution in [-0.2, 0) is 4.79 Å². The van der Waals surface area contributed by atoms with E-state index in [1.807, 2.05) is 13.8 Å². The lowest BCUT2D eigenvalue weighted by Crippen LogP contribution is -2.43. The number of nitrogens with one attached hydrogen (secondary N) is 1. The van der Waals surface area contributed by atoms with Crippen molar-refractivity contribution in [1.29, 1.82) is 0 Å². The van der Waals surface area contributed by atoms with E-state index >= 15 is 0 Å². The molecule has 1 aromatic carbocycles. The van der Waals surface area contributed by atoms with Gasteiger partial charge in [0.15, 0.2) is 6.61 Å². The van der Waals surface area contributed by atoms with Gasteiger partial charge in [-0.15, -0.1) is 0 Å². The van der Waals surface area contributed by atoms with E-state index in [0.29, 0.717) is 5.75 Å². The van der Waals surface area contributed by atoms with Crippen LogP contribution in [0.3, 0.4) is 0 Å². The molecule has 1 aromatic rings. The summed E-state index contributed by atoms with van der Waals surface area (Å²) >= 11 is 0. The number of benzene rings is 1. The number of carbonyl (C=O) groups is 1. The Hall–Kier alpha value is -2.15. The third-order valence-electron chi connectivity index (χ3n) is 2.77. The van der Waals surface area contributed by atoms with Gasteiger partial charge in [0.05, 0.1) is 17.6 Å². The minimum Gasteiger partial charge on any atom is -0.484 e. The van der Waals surface area contributed by atoms with Gasteiger partial charge in [0.1, 0.15) is 5.75 Å². The maximum Gasteiger partial charge on any atom is 0.269 e. The maximum atomic E-state index is 11.6. The molecule has 0 radical (unpaired) electrons. The number of aliphatic hydroxyl groups excluding tert-OH is 1. The van der Waals surface area contributed by atoms with Crippen LogP contribution in [0.2, 0.25) is 0 Å². The molecule has 2 N–H and O–H groups in total. The number of amides is 1. The molecule has 7 heteroatoms. The molecule has 110 valence electrons. The number of ether oxygens (including phenoxy) is 1. The highest BCUT2D eigenvalue weighted by Crippen LogP contribution is 2.17. The number of nitro groups is 1. The number of nitrogens with zero attached hydrogens (tertiary/aromatic N) is 1. The van der Waals surface area contributed by atoms with Crippen LogP contribution < -0.4 is 10.1 Å². The van der Waals surface area contributed by atoms with Crippen molar-refractivity contribution in [1.82, 2.24) is 5.32 Å². The van der Waals surface area contributed by atoms with Crippen LogP contribution in [0.5, 0.6) is 5.75 Å². The molecular weight excluding hydrogens is 264 g/mol.